The maximum absolute atomic E-state index is 9.99. The summed E-state index contributed by atoms with van der Waals surface area (Å²) in [6.07, 6.45) is 4.96. The van der Waals surface area contributed by atoms with Gasteiger partial charge in [-0.15, -0.1) is 0 Å². The second-order valence-corrected chi connectivity index (χ2v) is 7.28. The first-order valence-corrected chi connectivity index (χ1v) is 7.83. The molecule has 1 fully saturated rings. The van der Waals surface area contributed by atoms with Crippen molar-refractivity contribution in [2.75, 3.05) is 13.2 Å². The van der Waals surface area contributed by atoms with E-state index >= 15 is 0 Å². The van der Waals surface area contributed by atoms with Gasteiger partial charge in [-0.2, -0.15) is 0 Å². The Hall–Kier alpha value is -0.120. The summed E-state index contributed by atoms with van der Waals surface area (Å²) in [6, 6.07) is 0.385. The molecule has 1 rings (SSSR count). The van der Waals surface area contributed by atoms with E-state index in [0.717, 1.165) is 6.42 Å². The molecule has 4 atom stereocenters. The van der Waals surface area contributed by atoms with Gasteiger partial charge >= 0.3 is 0 Å². The van der Waals surface area contributed by atoms with Crippen LogP contribution >= 0.6 is 0 Å². The molecule has 0 saturated heterocycles. The van der Waals surface area contributed by atoms with Crippen molar-refractivity contribution in [3.63, 3.8) is 0 Å². The highest BCUT2D eigenvalue weighted by molar-refractivity contribution is 4.78. The van der Waals surface area contributed by atoms with Gasteiger partial charge in [0.05, 0.1) is 18.8 Å². The number of hydrogen-bond acceptors (Lipinski definition) is 3. The van der Waals surface area contributed by atoms with Crippen molar-refractivity contribution in [3.8, 4) is 0 Å². The van der Waals surface area contributed by atoms with Gasteiger partial charge in [-0.05, 0) is 31.1 Å². The Morgan fingerprint density at radius 2 is 1.89 bits per heavy atom. The van der Waals surface area contributed by atoms with Crippen LogP contribution in [0, 0.1) is 11.3 Å². The van der Waals surface area contributed by atoms with Crippen LogP contribution < -0.4 is 5.32 Å². The molecule has 0 radical (unpaired) electrons. The molecular formula is C16H33NO2. The van der Waals surface area contributed by atoms with Gasteiger partial charge in [-0.3, -0.25) is 0 Å². The highest BCUT2D eigenvalue weighted by atomic mass is 16.5. The van der Waals surface area contributed by atoms with Gasteiger partial charge in [0.1, 0.15) is 0 Å². The van der Waals surface area contributed by atoms with E-state index in [9.17, 15) is 5.11 Å². The van der Waals surface area contributed by atoms with Crippen LogP contribution in [0.1, 0.15) is 60.3 Å². The van der Waals surface area contributed by atoms with Crippen LogP contribution in [0.4, 0.5) is 0 Å². The summed E-state index contributed by atoms with van der Waals surface area (Å²) in [5, 5.41) is 13.4. The Bertz CT molecular complexity index is 250. The van der Waals surface area contributed by atoms with E-state index in [1.54, 1.807) is 0 Å². The Balaban J connectivity index is 2.19. The quantitative estimate of drug-likeness (QED) is 0.780. The molecule has 0 heterocycles. The van der Waals surface area contributed by atoms with Crippen molar-refractivity contribution in [1.82, 2.24) is 5.32 Å². The highest BCUT2D eigenvalue weighted by Crippen LogP contribution is 2.26. The molecule has 0 aliphatic heterocycles. The van der Waals surface area contributed by atoms with Gasteiger partial charge in [-0.1, -0.05) is 40.5 Å². The average Bonchev–Trinajstić information content (AvgIpc) is 2.33. The highest BCUT2D eigenvalue weighted by Gasteiger charge is 2.23. The summed E-state index contributed by atoms with van der Waals surface area (Å²) in [5.41, 5.74) is 0.221. The fourth-order valence-electron chi connectivity index (χ4n) is 2.44. The van der Waals surface area contributed by atoms with E-state index in [-0.39, 0.29) is 5.41 Å². The number of aliphatic hydroxyl groups excluding tert-OH is 1. The molecule has 3 heteroatoms. The molecule has 2 N–H and O–H groups in total. The smallest absolute Gasteiger partial charge is 0.0897 e. The molecule has 0 aromatic rings. The lowest BCUT2D eigenvalue weighted by molar-refractivity contribution is -0.0461. The summed E-state index contributed by atoms with van der Waals surface area (Å²) in [6.45, 7) is 12.1. The van der Waals surface area contributed by atoms with Gasteiger partial charge in [0.15, 0.2) is 0 Å². The normalized spacial score (nSPS) is 28.1. The van der Waals surface area contributed by atoms with E-state index in [2.05, 4.69) is 39.9 Å². The van der Waals surface area contributed by atoms with Crippen molar-refractivity contribution in [3.05, 3.63) is 0 Å². The second kappa shape index (κ2) is 7.61. The molecule has 0 spiro atoms. The zero-order valence-electron chi connectivity index (χ0n) is 13.4. The third-order valence-corrected chi connectivity index (χ3v) is 4.49. The molecule has 0 aromatic heterocycles. The van der Waals surface area contributed by atoms with Crippen LogP contribution in [-0.4, -0.2) is 36.5 Å². The first-order valence-electron chi connectivity index (χ1n) is 7.83. The summed E-state index contributed by atoms with van der Waals surface area (Å²) in [5.74, 6) is 0.641. The zero-order chi connectivity index (χ0) is 14.5. The molecule has 19 heavy (non-hydrogen) atoms. The lowest BCUT2D eigenvalue weighted by Crippen LogP contribution is -2.43. The van der Waals surface area contributed by atoms with Crippen LogP contribution in [0.3, 0.4) is 0 Å². The summed E-state index contributed by atoms with van der Waals surface area (Å²) >= 11 is 0. The molecule has 3 nitrogen and oxygen atoms in total. The van der Waals surface area contributed by atoms with Crippen LogP contribution in [-0.2, 0) is 4.74 Å². The number of nitrogens with one attached hydrogen (secondary N) is 1. The third kappa shape index (κ3) is 6.24. The number of ether oxygens (including phenoxy) is 1. The molecule has 0 aromatic carbocycles. The van der Waals surface area contributed by atoms with Crippen LogP contribution in [0.5, 0.6) is 0 Å². The predicted octanol–water partition coefficient (Wildman–Crippen LogP) is 2.97. The third-order valence-electron chi connectivity index (χ3n) is 4.49. The van der Waals surface area contributed by atoms with Gasteiger partial charge in [-0.25, -0.2) is 0 Å². The SMILES string of the molecule is CC1CCCCC1OCC(O)CNC(C)C(C)(C)C. The van der Waals surface area contributed by atoms with E-state index in [4.69, 9.17) is 4.74 Å². The summed E-state index contributed by atoms with van der Waals surface area (Å²) in [7, 11) is 0. The fraction of sp³-hybridized carbons (Fsp3) is 1.00. The molecule has 4 unspecified atom stereocenters. The monoisotopic (exact) mass is 271 g/mol. The van der Waals surface area contributed by atoms with E-state index < -0.39 is 6.10 Å². The van der Waals surface area contributed by atoms with Crippen LogP contribution in [0.2, 0.25) is 0 Å². The van der Waals surface area contributed by atoms with Crippen molar-refractivity contribution in [1.29, 1.82) is 0 Å². The number of hydrogen-bond donors (Lipinski definition) is 2. The molecular weight excluding hydrogens is 238 g/mol. The van der Waals surface area contributed by atoms with Crippen molar-refractivity contribution >= 4 is 0 Å². The zero-order valence-corrected chi connectivity index (χ0v) is 13.4. The molecule has 114 valence electrons. The fourth-order valence-corrected chi connectivity index (χ4v) is 2.44. The van der Waals surface area contributed by atoms with Gasteiger partial charge in [0.25, 0.3) is 0 Å². The molecule has 0 bridgehead atoms. The average molecular weight is 271 g/mol. The van der Waals surface area contributed by atoms with E-state index in [0.29, 0.717) is 31.2 Å². The molecule has 1 saturated carbocycles. The van der Waals surface area contributed by atoms with Crippen molar-refractivity contribution in [2.24, 2.45) is 11.3 Å². The van der Waals surface area contributed by atoms with Gasteiger partial charge in [0, 0.05) is 12.6 Å². The standard InChI is InChI=1S/C16H33NO2/c1-12-8-6-7-9-15(12)19-11-14(18)10-17-13(2)16(3,4)5/h12-15,17-18H,6-11H2,1-5H3. The minimum absolute atomic E-state index is 0.221. The van der Waals surface area contributed by atoms with Crippen LogP contribution in [0.25, 0.3) is 0 Å². The summed E-state index contributed by atoms with van der Waals surface area (Å²) < 4.78 is 5.88. The predicted molar refractivity (Wildman–Crippen MR) is 80.3 cm³/mol. The first kappa shape index (κ1) is 16.9. The first-order chi connectivity index (χ1) is 8.80. The largest absolute Gasteiger partial charge is 0.389 e. The Labute approximate surface area is 119 Å². The van der Waals surface area contributed by atoms with E-state index in [1.165, 1.54) is 19.3 Å². The second-order valence-electron chi connectivity index (χ2n) is 7.28. The number of aliphatic hydroxyl groups is 1. The Morgan fingerprint density at radius 3 is 2.47 bits per heavy atom. The topological polar surface area (TPSA) is 41.5 Å². The minimum Gasteiger partial charge on any atom is -0.389 e. The number of rotatable bonds is 6. The molecule has 1 aliphatic rings. The minimum atomic E-state index is -0.404. The lowest BCUT2D eigenvalue weighted by atomic mass is 9.88. The van der Waals surface area contributed by atoms with Crippen molar-refractivity contribution in [2.45, 2.75) is 78.6 Å². The van der Waals surface area contributed by atoms with E-state index in [1.807, 2.05) is 0 Å². The van der Waals surface area contributed by atoms with Crippen LogP contribution in [0.15, 0.2) is 0 Å². The Kier molecular flexibility index (Phi) is 6.78. The maximum Gasteiger partial charge on any atom is 0.0897 e. The summed E-state index contributed by atoms with van der Waals surface area (Å²) in [4.78, 5) is 0. The van der Waals surface area contributed by atoms with Crippen molar-refractivity contribution < 1.29 is 9.84 Å². The van der Waals surface area contributed by atoms with Gasteiger partial charge in [0.2, 0.25) is 0 Å². The Morgan fingerprint density at radius 1 is 1.26 bits per heavy atom. The maximum atomic E-state index is 9.99. The lowest BCUT2D eigenvalue weighted by Gasteiger charge is -2.31. The molecule has 1 aliphatic carbocycles. The van der Waals surface area contributed by atoms with Gasteiger partial charge < -0.3 is 15.2 Å². The molecule has 0 amide bonds.